The number of aliphatic hydroxyl groups excluding tert-OH is 1. The van der Waals surface area contributed by atoms with Gasteiger partial charge in [-0.1, -0.05) is 383 Å². The van der Waals surface area contributed by atoms with Gasteiger partial charge in [0, 0.05) is 25.7 Å². The van der Waals surface area contributed by atoms with Gasteiger partial charge in [0.15, 0.2) is 12.2 Å². The van der Waals surface area contributed by atoms with Crippen LogP contribution in [0.25, 0.3) is 0 Å². The van der Waals surface area contributed by atoms with Crippen LogP contribution in [0.5, 0.6) is 0 Å². The van der Waals surface area contributed by atoms with Crippen molar-refractivity contribution in [3.63, 3.8) is 0 Å². The van der Waals surface area contributed by atoms with Crippen LogP contribution in [0.15, 0.2) is 0 Å². The van der Waals surface area contributed by atoms with Gasteiger partial charge in [0.05, 0.1) is 26.4 Å². The molecule has 0 aromatic carbocycles. The molecule has 0 saturated carbocycles. The van der Waals surface area contributed by atoms with Gasteiger partial charge in [-0.3, -0.25) is 37.3 Å². The average Bonchev–Trinajstić information content (AvgIpc) is 0.907. The first-order valence-electron chi connectivity index (χ1n) is 43.2. The predicted octanol–water partition coefficient (Wildman–Crippen LogP) is 25.2. The van der Waals surface area contributed by atoms with Crippen molar-refractivity contribution in [3.8, 4) is 0 Å². The molecule has 612 valence electrons. The van der Waals surface area contributed by atoms with Gasteiger partial charge >= 0.3 is 39.5 Å². The first kappa shape index (κ1) is 101. The minimum atomic E-state index is -4.96. The summed E-state index contributed by atoms with van der Waals surface area (Å²) in [6.07, 6.45) is 61.2. The second kappa shape index (κ2) is 72.9. The summed E-state index contributed by atoms with van der Waals surface area (Å²) in [6, 6.07) is 0. The molecule has 0 heterocycles. The molecule has 0 saturated heterocycles. The Bertz CT molecular complexity index is 2010. The van der Waals surface area contributed by atoms with Gasteiger partial charge in [0.2, 0.25) is 0 Å². The van der Waals surface area contributed by atoms with Crippen molar-refractivity contribution in [2.24, 2.45) is 23.7 Å². The SMILES string of the molecule is CCC(C)CCCCCCCCCCCCCCCCCCCCC(=O)OC[C@H](COP(=O)(O)OCC(O)COP(=O)(O)OC[C@@H](COC(=O)CCCCCCCCCC(C)C)OC(=O)CCCCCCCCCCCCCCCCC(C)C)OC(=O)CCCCCCCCCCCCCC(C)C. The first-order valence-corrected chi connectivity index (χ1v) is 46.2. The quantitative estimate of drug-likeness (QED) is 0.0222. The van der Waals surface area contributed by atoms with E-state index in [1.807, 2.05) is 0 Å². The van der Waals surface area contributed by atoms with Crippen molar-refractivity contribution in [1.29, 1.82) is 0 Å². The summed E-state index contributed by atoms with van der Waals surface area (Å²) >= 11 is 0. The number of esters is 4. The number of rotatable bonds is 81. The Labute approximate surface area is 632 Å². The number of carbonyl (C=O) groups excluding carboxylic acids is 4. The molecule has 0 spiro atoms. The van der Waals surface area contributed by atoms with Crippen LogP contribution in [0.3, 0.4) is 0 Å². The van der Waals surface area contributed by atoms with Crippen LogP contribution in [0, 0.1) is 23.7 Å². The Morgan fingerprint density at radius 3 is 0.689 bits per heavy atom. The number of hydrogen-bond donors (Lipinski definition) is 3. The van der Waals surface area contributed by atoms with Crippen molar-refractivity contribution >= 4 is 39.5 Å². The minimum absolute atomic E-state index is 0.106. The summed E-state index contributed by atoms with van der Waals surface area (Å²) in [6.45, 7) is 14.3. The summed E-state index contributed by atoms with van der Waals surface area (Å²) in [4.78, 5) is 73.1. The molecule has 0 fully saturated rings. The molecular formula is C84H164O17P2. The molecule has 0 radical (unpaired) electrons. The largest absolute Gasteiger partial charge is 0.472 e. The Hall–Kier alpha value is -1.94. The zero-order valence-electron chi connectivity index (χ0n) is 68.0. The summed E-state index contributed by atoms with van der Waals surface area (Å²) in [5.74, 6) is 1.03. The molecule has 19 heteroatoms. The number of unbranched alkanes of at least 4 members (excludes halogenated alkanes) is 46. The molecule has 0 aliphatic carbocycles. The third-order valence-corrected chi connectivity index (χ3v) is 21.8. The summed E-state index contributed by atoms with van der Waals surface area (Å²) < 4.78 is 68.8. The maximum atomic E-state index is 13.1. The highest BCUT2D eigenvalue weighted by atomic mass is 31.2. The summed E-state index contributed by atoms with van der Waals surface area (Å²) in [5.41, 5.74) is 0. The van der Waals surface area contributed by atoms with Crippen molar-refractivity contribution in [1.82, 2.24) is 0 Å². The van der Waals surface area contributed by atoms with Crippen molar-refractivity contribution in [3.05, 3.63) is 0 Å². The molecule has 0 aromatic rings. The van der Waals surface area contributed by atoms with Crippen molar-refractivity contribution < 1.29 is 80.2 Å². The third kappa shape index (κ3) is 76.6. The molecular weight excluding hydrogens is 1340 g/mol. The fraction of sp³-hybridized carbons (Fsp3) is 0.952. The summed E-state index contributed by atoms with van der Waals surface area (Å²) in [7, 11) is -9.93. The lowest BCUT2D eigenvalue weighted by molar-refractivity contribution is -0.161. The third-order valence-electron chi connectivity index (χ3n) is 19.9. The number of phosphoric acid groups is 2. The number of aliphatic hydroxyl groups is 1. The van der Waals surface area contributed by atoms with Gasteiger partial charge in [-0.2, -0.15) is 0 Å². The Kier molecular flexibility index (Phi) is 71.5. The molecule has 6 atom stereocenters. The number of carbonyl (C=O) groups is 4. The topological polar surface area (TPSA) is 237 Å². The van der Waals surface area contributed by atoms with Gasteiger partial charge < -0.3 is 33.8 Å². The molecule has 0 aliphatic rings. The highest BCUT2D eigenvalue weighted by Gasteiger charge is 2.30. The molecule has 3 N–H and O–H groups in total. The van der Waals surface area contributed by atoms with Crippen molar-refractivity contribution in [2.45, 2.75) is 453 Å². The Morgan fingerprint density at radius 2 is 0.466 bits per heavy atom. The molecule has 0 rings (SSSR count). The Balaban J connectivity index is 5.19. The van der Waals surface area contributed by atoms with Crippen LogP contribution >= 0.6 is 15.6 Å². The maximum Gasteiger partial charge on any atom is 0.472 e. The fourth-order valence-electron chi connectivity index (χ4n) is 12.9. The van der Waals surface area contributed by atoms with E-state index in [1.165, 1.54) is 231 Å². The van der Waals surface area contributed by atoms with Crippen molar-refractivity contribution in [2.75, 3.05) is 39.6 Å². The van der Waals surface area contributed by atoms with E-state index < -0.39 is 97.5 Å². The lowest BCUT2D eigenvalue weighted by Crippen LogP contribution is -2.30. The fourth-order valence-corrected chi connectivity index (χ4v) is 14.5. The van der Waals surface area contributed by atoms with Gasteiger partial charge in [-0.05, 0) is 49.4 Å². The molecule has 0 aliphatic heterocycles. The van der Waals surface area contributed by atoms with Gasteiger partial charge in [0.1, 0.15) is 19.3 Å². The normalized spacial score (nSPS) is 14.2. The first-order chi connectivity index (χ1) is 49.6. The molecule has 17 nitrogen and oxygen atoms in total. The molecule has 0 bridgehead atoms. The second-order valence-corrected chi connectivity index (χ2v) is 34.8. The van der Waals surface area contributed by atoms with Crippen LogP contribution < -0.4 is 0 Å². The number of phosphoric ester groups is 2. The van der Waals surface area contributed by atoms with Gasteiger partial charge in [-0.25, -0.2) is 9.13 Å². The minimum Gasteiger partial charge on any atom is -0.462 e. The molecule has 0 aromatic heterocycles. The zero-order chi connectivity index (χ0) is 76.0. The Morgan fingerprint density at radius 1 is 0.272 bits per heavy atom. The monoisotopic (exact) mass is 1510 g/mol. The average molecular weight is 1510 g/mol. The second-order valence-electron chi connectivity index (χ2n) is 31.9. The summed E-state index contributed by atoms with van der Waals surface area (Å²) in [5, 5.41) is 10.7. The lowest BCUT2D eigenvalue weighted by Gasteiger charge is -2.21. The molecule has 103 heavy (non-hydrogen) atoms. The van der Waals surface area contributed by atoms with Crippen LogP contribution in [0.2, 0.25) is 0 Å². The highest BCUT2D eigenvalue weighted by Crippen LogP contribution is 2.45. The van der Waals surface area contributed by atoms with Crippen LogP contribution in [-0.2, 0) is 65.4 Å². The van der Waals surface area contributed by atoms with E-state index in [0.29, 0.717) is 31.6 Å². The van der Waals surface area contributed by atoms with Gasteiger partial charge in [0.25, 0.3) is 0 Å². The lowest BCUT2D eigenvalue weighted by atomic mass is 9.99. The highest BCUT2D eigenvalue weighted by molar-refractivity contribution is 7.47. The van der Waals surface area contributed by atoms with E-state index in [0.717, 1.165) is 114 Å². The molecule has 0 amide bonds. The van der Waals surface area contributed by atoms with E-state index in [1.54, 1.807) is 0 Å². The van der Waals surface area contributed by atoms with Gasteiger partial charge in [-0.15, -0.1) is 0 Å². The number of hydrogen-bond acceptors (Lipinski definition) is 15. The smallest absolute Gasteiger partial charge is 0.462 e. The van der Waals surface area contributed by atoms with E-state index in [-0.39, 0.29) is 25.7 Å². The van der Waals surface area contributed by atoms with E-state index >= 15 is 0 Å². The maximum absolute atomic E-state index is 13.1. The molecule has 4 unspecified atom stereocenters. The number of ether oxygens (including phenoxy) is 4. The van der Waals surface area contributed by atoms with Crippen LogP contribution in [0.4, 0.5) is 0 Å². The van der Waals surface area contributed by atoms with Crippen LogP contribution in [-0.4, -0.2) is 96.7 Å². The predicted molar refractivity (Wildman–Crippen MR) is 423 cm³/mol. The van der Waals surface area contributed by atoms with Crippen LogP contribution in [0.1, 0.15) is 434 Å². The van der Waals surface area contributed by atoms with E-state index in [9.17, 15) is 43.2 Å². The van der Waals surface area contributed by atoms with E-state index in [2.05, 4.69) is 55.4 Å². The standard InChI is InChI=1S/C84H164O17P2/c1-9-77(8)63-55-47-39-31-25-19-14-12-10-11-13-15-20-26-32-40-48-56-64-81(86)94-70-79(100-84(89)67-59-51-42-34-28-22-24-30-37-45-53-61-75(4)5)72-98-102(90,91)96-68-78(85)69-97-103(92,93)99-73-80(71-95-82(87)65-57-49-43-35-38-46-54-62-76(6)7)101-83(88)66-58-50-41-33-27-21-17-16-18-23-29-36-44-52-60-74(2)3/h74-80,85H,9-73H2,1-8H3,(H,90,91)(H,92,93)/t77?,78?,79-,80-/m1/s1. The van der Waals surface area contributed by atoms with E-state index in [4.69, 9.17) is 37.0 Å². The zero-order valence-corrected chi connectivity index (χ0v) is 69.7.